The van der Waals surface area contributed by atoms with Gasteiger partial charge in [0.05, 0.1) is 22.7 Å². The van der Waals surface area contributed by atoms with Crippen LogP contribution in [0.15, 0.2) is 59.8 Å². The molecule has 0 aliphatic rings. The average Bonchev–Trinajstić information content (AvgIpc) is 2.99. The minimum absolute atomic E-state index is 0.110. The third kappa shape index (κ3) is 3.40. The molecule has 1 N–H and O–H groups in total. The summed E-state index contributed by atoms with van der Waals surface area (Å²) in [5.74, 6) is -0.833. The van der Waals surface area contributed by atoms with E-state index in [-0.39, 0.29) is 20.7 Å². The number of aromatic hydroxyl groups is 1. The maximum absolute atomic E-state index is 12.6. The summed E-state index contributed by atoms with van der Waals surface area (Å²) in [6.45, 7) is 0. The van der Waals surface area contributed by atoms with Crippen LogP contribution in [0.25, 0.3) is 5.69 Å². The Morgan fingerprint density at radius 2 is 1.83 bits per heavy atom. The predicted octanol–water partition coefficient (Wildman–Crippen LogP) is 3.86. The fourth-order valence-electron chi connectivity index (χ4n) is 2.23. The van der Waals surface area contributed by atoms with Crippen LogP contribution in [-0.2, 0) is 15.6 Å². The quantitative estimate of drug-likeness (QED) is 0.743. The Kier molecular flexibility index (Phi) is 4.54. The molecule has 0 fully saturated rings. The molecule has 124 valence electrons. The van der Waals surface area contributed by atoms with Gasteiger partial charge in [-0.05, 0) is 24.3 Å². The van der Waals surface area contributed by atoms with Gasteiger partial charge in [0.15, 0.2) is 15.6 Å². The van der Waals surface area contributed by atoms with Gasteiger partial charge < -0.3 is 5.11 Å². The lowest BCUT2D eigenvalue weighted by Crippen LogP contribution is -2.05. The van der Waals surface area contributed by atoms with Crippen LogP contribution in [0.2, 0.25) is 10.0 Å². The fourth-order valence-corrected chi connectivity index (χ4v) is 4.30. The van der Waals surface area contributed by atoms with Gasteiger partial charge in [-0.25, -0.2) is 13.1 Å². The maximum Gasteiger partial charge on any atom is 0.186 e. The zero-order chi connectivity index (χ0) is 17.3. The molecular formula is C16H12Cl2N2O3S. The third-order valence-corrected chi connectivity index (χ3v) is 5.54. The lowest BCUT2D eigenvalue weighted by atomic mass is 10.3. The van der Waals surface area contributed by atoms with Crippen LogP contribution in [0.5, 0.6) is 5.75 Å². The number of hydrogen-bond acceptors (Lipinski definition) is 4. The molecule has 0 spiro atoms. The number of benzene rings is 2. The van der Waals surface area contributed by atoms with Crippen molar-refractivity contribution in [1.82, 2.24) is 9.78 Å². The Balaban J connectivity index is 1.93. The molecule has 3 aromatic rings. The molecule has 0 aliphatic carbocycles. The van der Waals surface area contributed by atoms with E-state index in [0.717, 1.165) is 5.69 Å². The van der Waals surface area contributed by atoms with Crippen molar-refractivity contribution in [3.63, 3.8) is 0 Å². The van der Waals surface area contributed by atoms with Gasteiger partial charge in [-0.2, -0.15) is 5.10 Å². The number of rotatable bonds is 4. The zero-order valence-corrected chi connectivity index (χ0v) is 14.6. The molecule has 0 radical (unpaired) electrons. The number of hydrogen-bond donors (Lipinski definition) is 1. The smallest absolute Gasteiger partial charge is 0.186 e. The highest BCUT2D eigenvalue weighted by Gasteiger charge is 2.23. The zero-order valence-electron chi connectivity index (χ0n) is 12.2. The van der Waals surface area contributed by atoms with Crippen LogP contribution in [0.1, 0.15) is 5.56 Å². The first-order valence-corrected chi connectivity index (χ1v) is 9.27. The molecular weight excluding hydrogens is 371 g/mol. The highest BCUT2D eigenvalue weighted by atomic mass is 35.5. The molecule has 0 atom stereocenters. The molecule has 0 aliphatic heterocycles. The largest absolute Gasteiger partial charge is 0.505 e. The summed E-state index contributed by atoms with van der Waals surface area (Å²) >= 11 is 11.6. The van der Waals surface area contributed by atoms with Crippen LogP contribution in [0, 0.1) is 0 Å². The third-order valence-electron chi connectivity index (χ3n) is 3.34. The van der Waals surface area contributed by atoms with Crippen LogP contribution >= 0.6 is 23.2 Å². The first kappa shape index (κ1) is 16.8. The number of phenols is 1. The molecule has 0 unspecified atom stereocenters. The van der Waals surface area contributed by atoms with Crippen molar-refractivity contribution in [2.75, 3.05) is 0 Å². The molecule has 1 aromatic heterocycles. The fraction of sp³-hybridized carbons (Fsp3) is 0.0625. The predicted molar refractivity (Wildman–Crippen MR) is 92.6 cm³/mol. The van der Waals surface area contributed by atoms with Crippen molar-refractivity contribution >= 4 is 33.0 Å². The van der Waals surface area contributed by atoms with E-state index in [2.05, 4.69) is 5.10 Å². The molecule has 0 bridgehead atoms. The first-order chi connectivity index (χ1) is 11.4. The van der Waals surface area contributed by atoms with Crippen LogP contribution in [-0.4, -0.2) is 23.3 Å². The van der Waals surface area contributed by atoms with Gasteiger partial charge in [-0.1, -0.05) is 41.4 Å². The number of nitrogens with zero attached hydrogens (tertiary/aromatic N) is 2. The van der Waals surface area contributed by atoms with Crippen molar-refractivity contribution in [2.24, 2.45) is 0 Å². The SMILES string of the molecule is O=S(=O)(Cc1cnn(-c2ccccc2)c1)c1cc(Cl)cc(Cl)c1O. The molecule has 5 nitrogen and oxygen atoms in total. The Morgan fingerprint density at radius 1 is 1.12 bits per heavy atom. The van der Waals surface area contributed by atoms with Gasteiger partial charge in [-0.15, -0.1) is 0 Å². The summed E-state index contributed by atoms with van der Waals surface area (Å²) in [6.07, 6.45) is 3.09. The molecule has 0 saturated carbocycles. The Hall–Kier alpha value is -2.02. The Morgan fingerprint density at radius 3 is 2.54 bits per heavy atom. The molecule has 1 heterocycles. The summed E-state index contributed by atoms with van der Waals surface area (Å²) in [7, 11) is -3.83. The lowest BCUT2D eigenvalue weighted by molar-refractivity contribution is 0.459. The summed E-state index contributed by atoms with van der Waals surface area (Å²) in [6, 6.07) is 11.8. The lowest BCUT2D eigenvalue weighted by Gasteiger charge is -2.07. The number of aromatic nitrogens is 2. The molecule has 3 rings (SSSR count). The van der Waals surface area contributed by atoms with Crippen molar-refractivity contribution in [3.05, 3.63) is 70.5 Å². The second-order valence-corrected chi connectivity index (χ2v) is 7.92. The molecule has 8 heteroatoms. The number of para-hydroxylation sites is 1. The maximum atomic E-state index is 12.6. The van der Waals surface area contributed by atoms with Gasteiger partial charge in [0, 0.05) is 16.8 Å². The number of sulfone groups is 1. The van der Waals surface area contributed by atoms with Gasteiger partial charge in [0.25, 0.3) is 0 Å². The highest BCUT2D eigenvalue weighted by molar-refractivity contribution is 7.90. The molecule has 0 saturated heterocycles. The first-order valence-electron chi connectivity index (χ1n) is 6.86. The number of halogens is 2. The van der Waals surface area contributed by atoms with Crippen LogP contribution in [0.4, 0.5) is 0 Å². The van der Waals surface area contributed by atoms with Crippen molar-refractivity contribution in [1.29, 1.82) is 0 Å². The van der Waals surface area contributed by atoms with E-state index in [9.17, 15) is 13.5 Å². The second-order valence-electron chi connectivity index (χ2n) is 5.12. The van der Waals surface area contributed by atoms with Crippen molar-refractivity contribution in [2.45, 2.75) is 10.6 Å². The minimum Gasteiger partial charge on any atom is -0.505 e. The molecule has 24 heavy (non-hydrogen) atoms. The molecule has 2 aromatic carbocycles. The Labute approximate surface area is 149 Å². The molecule has 0 amide bonds. The topological polar surface area (TPSA) is 72.2 Å². The average molecular weight is 383 g/mol. The van der Waals surface area contributed by atoms with Crippen LogP contribution in [0.3, 0.4) is 0 Å². The van der Waals surface area contributed by atoms with E-state index in [1.54, 1.807) is 10.9 Å². The van der Waals surface area contributed by atoms with E-state index < -0.39 is 15.6 Å². The summed E-state index contributed by atoms with van der Waals surface area (Å²) in [5, 5.41) is 14.1. The van der Waals surface area contributed by atoms with Gasteiger partial charge in [-0.3, -0.25) is 0 Å². The van der Waals surface area contributed by atoms with Gasteiger partial charge >= 0.3 is 0 Å². The van der Waals surface area contributed by atoms with E-state index >= 15 is 0 Å². The Bertz CT molecular complexity index is 986. The van der Waals surface area contributed by atoms with Crippen molar-refractivity contribution < 1.29 is 13.5 Å². The van der Waals surface area contributed by atoms with E-state index in [1.165, 1.54) is 18.3 Å². The summed E-state index contributed by atoms with van der Waals surface area (Å²) in [5.41, 5.74) is 1.30. The standard InChI is InChI=1S/C16H12Cl2N2O3S/c17-12-6-14(18)16(21)15(7-12)24(22,23)10-11-8-19-20(9-11)13-4-2-1-3-5-13/h1-9,21H,10H2. The van der Waals surface area contributed by atoms with Gasteiger partial charge in [0.2, 0.25) is 0 Å². The van der Waals surface area contributed by atoms with E-state index in [0.29, 0.717) is 5.56 Å². The highest BCUT2D eigenvalue weighted by Crippen LogP contribution is 2.35. The normalized spacial score (nSPS) is 11.6. The number of phenolic OH excluding ortho intramolecular Hbond substituents is 1. The van der Waals surface area contributed by atoms with Gasteiger partial charge in [0.1, 0.15) is 4.90 Å². The van der Waals surface area contributed by atoms with Crippen molar-refractivity contribution in [3.8, 4) is 11.4 Å². The van der Waals surface area contributed by atoms with E-state index in [4.69, 9.17) is 23.2 Å². The minimum atomic E-state index is -3.83. The van der Waals surface area contributed by atoms with E-state index in [1.807, 2.05) is 30.3 Å². The second kappa shape index (κ2) is 6.47. The van der Waals surface area contributed by atoms with Crippen LogP contribution < -0.4 is 0 Å². The summed E-state index contributed by atoms with van der Waals surface area (Å²) in [4.78, 5) is -0.299. The summed E-state index contributed by atoms with van der Waals surface area (Å²) < 4.78 is 26.7. The monoisotopic (exact) mass is 382 g/mol.